The van der Waals surface area contributed by atoms with Crippen molar-refractivity contribution in [2.75, 3.05) is 32.0 Å². The number of ether oxygens (including phenoxy) is 3. The summed E-state index contributed by atoms with van der Waals surface area (Å²) in [7, 11) is 3.65. The van der Waals surface area contributed by atoms with Gasteiger partial charge >= 0.3 is 18.0 Å². The fourth-order valence-electron chi connectivity index (χ4n) is 2.35. The van der Waals surface area contributed by atoms with Crippen molar-refractivity contribution in [2.45, 2.75) is 0 Å². The molecule has 0 spiro atoms. The lowest BCUT2D eigenvalue weighted by atomic mass is 10.1. The first kappa shape index (κ1) is 21.2. The third-order valence-corrected chi connectivity index (χ3v) is 3.74. The molecule has 2 N–H and O–H groups in total. The number of nitrogens with zero attached hydrogens (tertiary/aromatic N) is 1. The Morgan fingerprint density at radius 3 is 2.14 bits per heavy atom. The maximum absolute atomic E-state index is 12.4. The summed E-state index contributed by atoms with van der Waals surface area (Å²) in [5.41, 5.74) is 0.0402. The summed E-state index contributed by atoms with van der Waals surface area (Å²) < 4.78 is 14.3. The zero-order valence-electron chi connectivity index (χ0n) is 15.7. The highest BCUT2D eigenvalue weighted by Gasteiger charge is 2.19. The standard InChI is InChI=1S/C18H17N3O8/c1-27-15-9-11(21(25)26)5-7-13(15)19-18(24)20-14-8-10(16(22)28-2)4-6-12(14)17(23)29-3/h4-9H,1-3H3,(H2,19,20,24). The van der Waals surface area contributed by atoms with Crippen LogP contribution in [0.25, 0.3) is 0 Å². The maximum Gasteiger partial charge on any atom is 0.339 e. The molecule has 0 unspecified atom stereocenters. The SMILES string of the molecule is COC(=O)c1ccc(C(=O)OC)c(NC(=O)Nc2ccc([N+](=O)[O-])cc2OC)c1. The van der Waals surface area contributed by atoms with E-state index in [1.807, 2.05) is 0 Å². The molecule has 2 rings (SSSR count). The summed E-state index contributed by atoms with van der Waals surface area (Å²) in [6.07, 6.45) is 0. The van der Waals surface area contributed by atoms with Crippen LogP contribution in [0, 0.1) is 10.1 Å². The lowest BCUT2D eigenvalue weighted by Crippen LogP contribution is -2.22. The topological polar surface area (TPSA) is 146 Å². The van der Waals surface area contributed by atoms with Crippen molar-refractivity contribution in [1.29, 1.82) is 0 Å². The van der Waals surface area contributed by atoms with E-state index < -0.39 is 22.9 Å². The minimum Gasteiger partial charge on any atom is -0.494 e. The number of methoxy groups -OCH3 is 3. The first-order chi connectivity index (χ1) is 13.8. The van der Waals surface area contributed by atoms with Crippen molar-refractivity contribution in [3.8, 4) is 5.75 Å². The second-order valence-electron chi connectivity index (χ2n) is 5.46. The van der Waals surface area contributed by atoms with E-state index in [2.05, 4.69) is 20.1 Å². The van der Waals surface area contributed by atoms with Crippen molar-refractivity contribution in [3.63, 3.8) is 0 Å². The summed E-state index contributed by atoms with van der Waals surface area (Å²) in [5, 5.41) is 15.7. The maximum atomic E-state index is 12.4. The molecule has 0 fully saturated rings. The number of anilines is 2. The number of nitro groups is 1. The van der Waals surface area contributed by atoms with E-state index in [1.54, 1.807) is 0 Å². The van der Waals surface area contributed by atoms with Crippen molar-refractivity contribution < 1.29 is 33.5 Å². The Morgan fingerprint density at radius 2 is 1.55 bits per heavy atom. The molecule has 0 atom stereocenters. The fourth-order valence-corrected chi connectivity index (χ4v) is 2.35. The smallest absolute Gasteiger partial charge is 0.339 e. The summed E-state index contributed by atoms with van der Waals surface area (Å²) in [4.78, 5) is 46.3. The summed E-state index contributed by atoms with van der Waals surface area (Å²) in [6.45, 7) is 0. The summed E-state index contributed by atoms with van der Waals surface area (Å²) >= 11 is 0. The van der Waals surface area contributed by atoms with Crippen LogP contribution in [0.15, 0.2) is 36.4 Å². The summed E-state index contributed by atoms with van der Waals surface area (Å²) in [6, 6.07) is 6.75. The monoisotopic (exact) mass is 403 g/mol. The van der Waals surface area contributed by atoms with E-state index in [0.29, 0.717) is 0 Å². The highest BCUT2D eigenvalue weighted by atomic mass is 16.6. The minimum absolute atomic E-state index is 0.00173. The predicted molar refractivity (Wildman–Crippen MR) is 101 cm³/mol. The van der Waals surface area contributed by atoms with Crippen LogP contribution in [0.2, 0.25) is 0 Å². The number of benzene rings is 2. The van der Waals surface area contributed by atoms with Crippen LogP contribution < -0.4 is 15.4 Å². The van der Waals surface area contributed by atoms with Gasteiger partial charge < -0.3 is 24.8 Å². The predicted octanol–water partition coefficient (Wildman–Crippen LogP) is 2.82. The van der Waals surface area contributed by atoms with Gasteiger partial charge in [0.15, 0.2) is 0 Å². The van der Waals surface area contributed by atoms with Crippen LogP contribution in [-0.2, 0) is 9.47 Å². The zero-order valence-corrected chi connectivity index (χ0v) is 15.7. The Bertz CT molecular complexity index is 974. The third-order valence-electron chi connectivity index (χ3n) is 3.74. The van der Waals surface area contributed by atoms with E-state index in [9.17, 15) is 24.5 Å². The van der Waals surface area contributed by atoms with Crippen LogP contribution in [0.1, 0.15) is 20.7 Å². The average Bonchev–Trinajstić information content (AvgIpc) is 2.72. The Morgan fingerprint density at radius 1 is 0.897 bits per heavy atom. The number of rotatable bonds is 6. The van der Waals surface area contributed by atoms with Crippen LogP contribution in [0.5, 0.6) is 5.75 Å². The Kier molecular flexibility index (Phi) is 6.69. The van der Waals surface area contributed by atoms with E-state index >= 15 is 0 Å². The van der Waals surface area contributed by atoms with Crippen molar-refractivity contribution in [1.82, 2.24) is 0 Å². The van der Waals surface area contributed by atoms with Gasteiger partial charge in [-0.3, -0.25) is 10.1 Å². The number of nitro benzene ring substituents is 1. The molecular formula is C18H17N3O8. The Hall–Kier alpha value is -4.15. The van der Waals surface area contributed by atoms with Gasteiger partial charge in [-0.25, -0.2) is 14.4 Å². The molecule has 11 heteroatoms. The number of nitrogens with one attached hydrogen (secondary N) is 2. The molecule has 0 saturated heterocycles. The second kappa shape index (κ2) is 9.17. The molecule has 0 aliphatic heterocycles. The lowest BCUT2D eigenvalue weighted by Gasteiger charge is -2.13. The van der Waals surface area contributed by atoms with Gasteiger partial charge in [0.1, 0.15) is 5.75 Å². The molecule has 11 nitrogen and oxygen atoms in total. The largest absolute Gasteiger partial charge is 0.494 e. The molecule has 0 aliphatic rings. The van der Waals surface area contributed by atoms with Gasteiger partial charge in [-0.1, -0.05) is 0 Å². The van der Waals surface area contributed by atoms with Crippen molar-refractivity contribution >= 4 is 35.0 Å². The molecule has 0 saturated carbocycles. The van der Waals surface area contributed by atoms with Crippen LogP contribution in [0.4, 0.5) is 21.9 Å². The number of hydrogen-bond donors (Lipinski definition) is 2. The molecule has 2 amide bonds. The molecule has 0 radical (unpaired) electrons. The van der Waals surface area contributed by atoms with Gasteiger partial charge in [0.05, 0.1) is 54.8 Å². The van der Waals surface area contributed by atoms with Gasteiger partial charge in [0.2, 0.25) is 0 Å². The molecule has 0 aliphatic carbocycles. The van der Waals surface area contributed by atoms with Crippen LogP contribution >= 0.6 is 0 Å². The normalized spacial score (nSPS) is 9.90. The quantitative estimate of drug-likeness (QED) is 0.425. The van der Waals surface area contributed by atoms with E-state index in [4.69, 9.17) is 4.74 Å². The number of non-ortho nitro benzene ring substituents is 1. The molecule has 0 heterocycles. The first-order valence-corrected chi connectivity index (χ1v) is 8.01. The Balaban J connectivity index is 2.31. The minimum atomic E-state index is -0.788. The molecule has 152 valence electrons. The number of hydrogen-bond acceptors (Lipinski definition) is 8. The lowest BCUT2D eigenvalue weighted by molar-refractivity contribution is -0.384. The Labute approximate surface area is 164 Å². The molecule has 0 aromatic heterocycles. The number of carbonyl (C=O) groups excluding carboxylic acids is 3. The molecule has 2 aromatic carbocycles. The highest BCUT2D eigenvalue weighted by molar-refractivity contribution is 6.06. The van der Waals surface area contributed by atoms with Gasteiger partial charge in [-0.05, 0) is 24.3 Å². The molecule has 0 bridgehead atoms. The third kappa shape index (κ3) is 4.97. The van der Waals surface area contributed by atoms with Gasteiger partial charge in [0.25, 0.3) is 5.69 Å². The average molecular weight is 403 g/mol. The fraction of sp³-hybridized carbons (Fsp3) is 0.167. The molecule has 29 heavy (non-hydrogen) atoms. The number of urea groups is 1. The van der Waals surface area contributed by atoms with Gasteiger partial charge in [0, 0.05) is 6.07 Å². The van der Waals surface area contributed by atoms with Crippen LogP contribution in [-0.4, -0.2) is 44.2 Å². The molecule has 2 aromatic rings. The molecular weight excluding hydrogens is 386 g/mol. The van der Waals surface area contributed by atoms with E-state index in [1.165, 1.54) is 51.7 Å². The number of esters is 2. The van der Waals surface area contributed by atoms with Crippen molar-refractivity contribution in [2.24, 2.45) is 0 Å². The first-order valence-electron chi connectivity index (χ1n) is 8.01. The zero-order chi connectivity index (χ0) is 21.6. The number of amides is 2. The van der Waals surface area contributed by atoms with E-state index in [-0.39, 0.29) is 33.9 Å². The van der Waals surface area contributed by atoms with Crippen molar-refractivity contribution in [3.05, 3.63) is 57.6 Å². The van der Waals surface area contributed by atoms with Gasteiger partial charge in [-0.15, -0.1) is 0 Å². The highest BCUT2D eigenvalue weighted by Crippen LogP contribution is 2.29. The summed E-state index contributed by atoms with van der Waals surface area (Å²) in [5.74, 6) is -1.34. The van der Waals surface area contributed by atoms with Gasteiger partial charge in [-0.2, -0.15) is 0 Å². The number of carbonyl (C=O) groups is 3. The van der Waals surface area contributed by atoms with E-state index in [0.717, 1.165) is 6.07 Å². The van der Waals surface area contributed by atoms with Crippen LogP contribution in [0.3, 0.4) is 0 Å². The second-order valence-corrected chi connectivity index (χ2v) is 5.46.